The minimum absolute atomic E-state index is 0.0421. The summed E-state index contributed by atoms with van der Waals surface area (Å²) in [7, 11) is -3.79. The quantitative estimate of drug-likeness (QED) is 0.546. The van der Waals surface area contributed by atoms with Crippen LogP contribution in [0.25, 0.3) is 0 Å². The Labute approximate surface area is 174 Å². The third-order valence-corrected chi connectivity index (χ3v) is 6.10. The van der Waals surface area contributed by atoms with Crippen molar-refractivity contribution >= 4 is 15.9 Å². The first-order valence-corrected chi connectivity index (χ1v) is 10.9. The van der Waals surface area contributed by atoms with Gasteiger partial charge in [-0.05, 0) is 18.2 Å². The van der Waals surface area contributed by atoms with Gasteiger partial charge in [-0.3, -0.25) is 4.79 Å². The molecular formula is C21H23FN2O5S. The molecule has 160 valence electrons. The molecule has 2 aromatic rings. The maximum atomic E-state index is 13.6. The third kappa shape index (κ3) is 5.73. The fraction of sp³-hybridized carbons (Fsp3) is 0.286. The van der Waals surface area contributed by atoms with Crippen molar-refractivity contribution < 1.29 is 27.4 Å². The highest BCUT2D eigenvalue weighted by Crippen LogP contribution is 2.18. The minimum atomic E-state index is -3.79. The summed E-state index contributed by atoms with van der Waals surface area (Å²) in [4.78, 5) is 12.3. The summed E-state index contributed by atoms with van der Waals surface area (Å²) in [6, 6.07) is 13.2. The van der Waals surface area contributed by atoms with E-state index in [4.69, 9.17) is 4.74 Å². The van der Waals surface area contributed by atoms with Gasteiger partial charge in [0.05, 0.1) is 30.1 Å². The first-order valence-electron chi connectivity index (χ1n) is 9.41. The molecule has 0 radical (unpaired) electrons. The third-order valence-electron chi connectivity index (χ3n) is 4.63. The SMILES string of the molecule is O=C(C[C@@H]1C=C[C@@H](NS(=O)(=O)c2ccccc2)[C@H](CO)O1)NCc1ccccc1F. The molecule has 0 aromatic heterocycles. The Kier molecular flexibility index (Phi) is 7.33. The number of nitrogens with one attached hydrogen (secondary N) is 2. The maximum absolute atomic E-state index is 13.6. The number of carbonyl (C=O) groups is 1. The Morgan fingerprint density at radius 3 is 2.47 bits per heavy atom. The van der Waals surface area contributed by atoms with Crippen molar-refractivity contribution in [3.05, 3.63) is 78.1 Å². The van der Waals surface area contributed by atoms with E-state index in [2.05, 4.69) is 10.0 Å². The zero-order chi connectivity index (χ0) is 21.6. The first kappa shape index (κ1) is 22.1. The van der Waals surface area contributed by atoms with E-state index < -0.39 is 40.7 Å². The number of amides is 1. The average Bonchev–Trinajstić information content (AvgIpc) is 2.74. The second-order valence-corrected chi connectivity index (χ2v) is 8.53. The van der Waals surface area contributed by atoms with Crippen LogP contribution in [0.5, 0.6) is 0 Å². The Hall–Kier alpha value is -2.59. The molecule has 0 saturated carbocycles. The fourth-order valence-corrected chi connectivity index (χ4v) is 4.29. The van der Waals surface area contributed by atoms with E-state index >= 15 is 0 Å². The number of rotatable bonds is 8. The van der Waals surface area contributed by atoms with Gasteiger partial charge in [0, 0.05) is 12.1 Å². The van der Waals surface area contributed by atoms with Crippen LogP contribution >= 0.6 is 0 Å². The number of hydrogen-bond acceptors (Lipinski definition) is 5. The highest BCUT2D eigenvalue weighted by molar-refractivity contribution is 7.89. The summed E-state index contributed by atoms with van der Waals surface area (Å²) in [6.07, 6.45) is 1.62. The van der Waals surface area contributed by atoms with E-state index in [9.17, 15) is 22.7 Å². The van der Waals surface area contributed by atoms with Crippen LogP contribution in [0.3, 0.4) is 0 Å². The summed E-state index contributed by atoms with van der Waals surface area (Å²) in [6.45, 7) is -0.384. The molecule has 0 bridgehead atoms. The van der Waals surface area contributed by atoms with Gasteiger partial charge in [-0.2, -0.15) is 0 Å². The van der Waals surface area contributed by atoms with E-state index in [-0.39, 0.29) is 23.8 Å². The number of benzene rings is 2. The Balaban J connectivity index is 1.58. The van der Waals surface area contributed by atoms with Crippen molar-refractivity contribution in [2.75, 3.05) is 6.61 Å². The second kappa shape index (κ2) is 9.94. The monoisotopic (exact) mass is 434 g/mol. The summed E-state index contributed by atoms with van der Waals surface area (Å²) in [5.74, 6) is -0.756. The fourth-order valence-electron chi connectivity index (χ4n) is 3.05. The lowest BCUT2D eigenvalue weighted by Crippen LogP contribution is -2.49. The van der Waals surface area contributed by atoms with Crippen LogP contribution in [0.1, 0.15) is 12.0 Å². The minimum Gasteiger partial charge on any atom is -0.394 e. The van der Waals surface area contributed by atoms with Crippen LogP contribution in [-0.4, -0.2) is 44.3 Å². The molecule has 9 heteroatoms. The summed E-state index contributed by atoms with van der Waals surface area (Å²) in [5, 5.41) is 12.3. The van der Waals surface area contributed by atoms with Gasteiger partial charge in [-0.25, -0.2) is 17.5 Å². The van der Waals surface area contributed by atoms with Crippen LogP contribution in [0, 0.1) is 5.82 Å². The zero-order valence-corrected chi connectivity index (χ0v) is 16.9. The molecule has 0 unspecified atom stereocenters. The number of sulfonamides is 1. The van der Waals surface area contributed by atoms with Crippen LogP contribution < -0.4 is 10.0 Å². The molecule has 1 aliphatic heterocycles. The van der Waals surface area contributed by atoms with Crippen molar-refractivity contribution in [3.63, 3.8) is 0 Å². The van der Waals surface area contributed by atoms with Crippen LogP contribution in [0.2, 0.25) is 0 Å². The predicted molar refractivity (Wildman–Crippen MR) is 108 cm³/mol. The molecule has 3 atom stereocenters. The number of halogens is 1. The topological polar surface area (TPSA) is 105 Å². The smallest absolute Gasteiger partial charge is 0.241 e. The van der Waals surface area contributed by atoms with Crippen molar-refractivity contribution in [3.8, 4) is 0 Å². The molecule has 0 saturated heterocycles. The largest absolute Gasteiger partial charge is 0.394 e. The zero-order valence-electron chi connectivity index (χ0n) is 16.1. The highest BCUT2D eigenvalue weighted by Gasteiger charge is 2.31. The maximum Gasteiger partial charge on any atom is 0.241 e. The summed E-state index contributed by atoms with van der Waals surface area (Å²) >= 11 is 0. The molecular weight excluding hydrogens is 411 g/mol. The molecule has 1 amide bonds. The molecule has 3 N–H and O–H groups in total. The molecule has 1 aliphatic rings. The standard InChI is InChI=1S/C21H23FN2O5S/c22-18-9-5-4-6-15(18)13-23-21(26)12-16-10-11-19(20(14-25)29-16)24-30(27,28)17-7-2-1-3-8-17/h1-11,16,19-20,24-25H,12-14H2,(H,23,26)/t16-,19+,20-/m0/s1. The number of hydrogen-bond donors (Lipinski definition) is 3. The van der Waals surface area contributed by atoms with Gasteiger partial charge in [-0.15, -0.1) is 0 Å². The van der Waals surface area contributed by atoms with Gasteiger partial charge in [0.1, 0.15) is 11.9 Å². The Morgan fingerprint density at radius 2 is 1.77 bits per heavy atom. The average molecular weight is 434 g/mol. The number of aliphatic hydroxyl groups is 1. The Bertz CT molecular complexity index is 997. The number of aliphatic hydroxyl groups excluding tert-OH is 1. The van der Waals surface area contributed by atoms with Gasteiger partial charge in [0.15, 0.2) is 0 Å². The molecule has 0 aliphatic carbocycles. The molecule has 2 aromatic carbocycles. The normalized spacial score (nSPS) is 21.3. The van der Waals surface area contributed by atoms with Gasteiger partial charge in [-0.1, -0.05) is 48.6 Å². The van der Waals surface area contributed by atoms with E-state index in [0.717, 1.165) is 0 Å². The number of ether oxygens (including phenoxy) is 1. The lowest BCUT2D eigenvalue weighted by molar-refractivity contribution is -0.125. The van der Waals surface area contributed by atoms with Gasteiger partial charge in [0.25, 0.3) is 0 Å². The number of carbonyl (C=O) groups excluding carboxylic acids is 1. The predicted octanol–water partition coefficient (Wildman–Crippen LogP) is 1.49. The van der Waals surface area contributed by atoms with Crippen molar-refractivity contribution in [2.24, 2.45) is 0 Å². The van der Waals surface area contributed by atoms with Crippen molar-refractivity contribution in [2.45, 2.75) is 36.1 Å². The lowest BCUT2D eigenvalue weighted by atomic mass is 10.1. The molecule has 0 fully saturated rings. The van der Waals surface area contributed by atoms with Crippen LogP contribution in [0.4, 0.5) is 4.39 Å². The second-order valence-electron chi connectivity index (χ2n) is 6.81. The summed E-state index contributed by atoms with van der Waals surface area (Å²) in [5.41, 5.74) is 0.370. The van der Waals surface area contributed by atoms with Gasteiger partial charge < -0.3 is 15.2 Å². The van der Waals surface area contributed by atoms with Gasteiger partial charge >= 0.3 is 0 Å². The van der Waals surface area contributed by atoms with E-state index in [1.807, 2.05) is 0 Å². The molecule has 30 heavy (non-hydrogen) atoms. The summed E-state index contributed by atoms with van der Waals surface area (Å²) < 4.78 is 46.8. The highest BCUT2D eigenvalue weighted by atomic mass is 32.2. The van der Waals surface area contributed by atoms with E-state index in [0.29, 0.717) is 5.56 Å². The molecule has 1 heterocycles. The van der Waals surface area contributed by atoms with E-state index in [1.54, 1.807) is 48.6 Å². The van der Waals surface area contributed by atoms with Crippen LogP contribution in [-0.2, 0) is 26.1 Å². The molecule has 7 nitrogen and oxygen atoms in total. The van der Waals surface area contributed by atoms with Crippen molar-refractivity contribution in [1.82, 2.24) is 10.0 Å². The molecule has 0 spiro atoms. The lowest BCUT2D eigenvalue weighted by Gasteiger charge is -2.31. The van der Waals surface area contributed by atoms with Gasteiger partial charge in [0.2, 0.25) is 15.9 Å². The van der Waals surface area contributed by atoms with E-state index in [1.165, 1.54) is 18.2 Å². The molecule has 3 rings (SSSR count). The van der Waals surface area contributed by atoms with Crippen LogP contribution in [0.15, 0.2) is 71.6 Å². The Morgan fingerprint density at radius 1 is 1.07 bits per heavy atom. The first-order chi connectivity index (χ1) is 14.4. The van der Waals surface area contributed by atoms with Crippen molar-refractivity contribution in [1.29, 1.82) is 0 Å².